The maximum absolute atomic E-state index is 5.64. The molecule has 0 aromatic carbocycles. The van der Waals surface area contributed by atoms with Gasteiger partial charge in [-0.05, 0) is 30.9 Å². The summed E-state index contributed by atoms with van der Waals surface area (Å²) < 4.78 is 0. The van der Waals surface area contributed by atoms with Gasteiger partial charge >= 0.3 is 0 Å². The second kappa shape index (κ2) is 4.13. The summed E-state index contributed by atoms with van der Waals surface area (Å²) in [5, 5.41) is 8.14. The van der Waals surface area contributed by atoms with Crippen LogP contribution in [0.1, 0.15) is 18.5 Å². The van der Waals surface area contributed by atoms with E-state index < -0.39 is 0 Å². The molecule has 0 amide bonds. The summed E-state index contributed by atoms with van der Waals surface area (Å²) in [6.07, 6.45) is 2.72. The van der Waals surface area contributed by atoms with Crippen LogP contribution >= 0.6 is 11.6 Å². The zero-order chi connectivity index (χ0) is 9.97. The highest BCUT2D eigenvalue weighted by atomic mass is 35.5. The second-order valence-corrected chi connectivity index (χ2v) is 4.11. The Bertz CT molecular complexity index is 295. The summed E-state index contributed by atoms with van der Waals surface area (Å²) in [5.74, 6) is 2.24. The van der Waals surface area contributed by atoms with Crippen molar-refractivity contribution in [1.29, 1.82) is 0 Å². The molecule has 76 valence electrons. The maximum Gasteiger partial charge on any atom is 0.150 e. The molecule has 0 unspecified atom stereocenters. The molecule has 0 atom stereocenters. The normalized spacial score (nSPS) is 15.6. The van der Waals surface area contributed by atoms with Crippen molar-refractivity contribution in [3.63, 3.8) is 0 Å². The Morgan fingerprint density at radius 2 is 2.21 bits per heavy atom. The molecule has 0 aliphatic heterocycles. The van der Waals surface area contributed by atoms with Gasteiger partial charge in [-0.15, -0.1) is 16.7 Å². The lowest BCUT2D eigenvalue weighted by Gasteiger charge is -2.16. The molecule has 0 bridgehead atoms. The minimum atomic E-state index is 0.430. The molecule has 3 nitrogen and oxygen atoms in total. The highest BCUT2D eigenvalue weighted by Crippen LogP contribution is 2.30. The van der Waals surface area contributed by atoms with Gasteiger partial charge in [0.15, 0.2) is 5.82 Å². The van der Waals surface area contributed by atoms with Crippen molar-refractivity contribution >= 4 is 17.4 Å². The van der Waals surface area contributed by atoms with E-state index in [1.807, 2.05) is 12.1 Å². The lowest BCUT2D eigenvalue weighted by molar-refractivity contribution is 0.765. The molecule has 1 aromatic rings. The standard InChI is InChI=1S/C10H14ClN3/c1-14(7-8-2-3-8)10-5-4-9(6-11)12-13-10/h4-5,8H,2-3,6-7H2,1H3. The Kier molecular flexibility index (Phi) is 2.87. The number of nitrogens with zero attached hydrogens (tertiary/aromatic N) is 3. The van der Waals surface area contributed by atoms with Crippen molar-refractivity contribution in [3.8, 4) is 0 Å². The van der Waals surface area contributed by atoms with Gasteiger partial charge in [-0.3, -0.25) is 0 Å². The maximum atomic E-state index is 5.64. The van der Waals surface area contributed by atoms with Crippen LogP contribution in [0.3, 0.4) is 0 Å². The molecular formula is C10H14ClN3. The summed E-state index contributed by atoms with van der Waals surface area (Å²) in [7, 11) is 2.06. The van der Waals surface area contributed by atoms with E-state index in [1.54, 1.807) is 0 Å². The van der Waals surface area contributed by atoms with Crippen LogP contribution < -0.4 is 4.90 Å². The van der Waals surface area contributed by atoms with Gasteiger partial charge in [0, 0.05) is 13.6 Å². The van der Waals surface area contributed by atoms with Gasteiger partial charge in [0.2, 0.25) is 0 Å². The molecule has 0 radical (unpaired) electrons. The van der Waals surface area contributed by atoms with Gasteiger partial charge in [-0.25, -0.2) is 0 Å². The third-order valence-corrected chi connectivity index (χ3v) is 2.74. The fourth-order valence-corrected chi connectivity index (χ4v) is 1.55. The smallest absolute Gasteiger partial charge is 0.150 e. The zero-order valence-corrected chi connectivity index (χ0v) is 9.04. The van der Waals surface area contributed by atoms with Crippen LogP contribution in [0, 0.1) is 5.92 Å². The van der Waals surface area contributed by atoms with Crippen LogP contribution in [0.15, 0.2) is 12.1 Å². The molecule has 2 rings (SSSR count). The molecule has 1 saturated carbocycles. The molecule has 4 heteroatoms. The number of alkyl halides is 1. The average molecular weight is 212 g/mol. The highest BCUT2D eigenvalue weighted by Gasteiger charge is 2.23. The third-order valence-electron chi connectivity index (χ3n) is 2.46. The van der Waals surface area contributed by atoms with E-state index in [0.29, 0.717) is 5.88 Å². The van der Waals surface area contributed by atoms with E-state index in [1.165, 1.54) is 12.8 Å². The summed E-state index contributed by atoms with van der Waals surface area (Å²) in [4.78, 5) is 2.16. The Labute approximate surface area is 89.1 Å². The number of rotatable bonds is 4. The van der Waals surface area contributed by atoms with Crippen LogP contribution in [0.4, 0.5) is 5.82 Å². The minimum absolute atomic E-state index is 0.430. The van der Waals surface area contributed by atoms with E-state index >= 15 is 0 Å². The van der Waals surface area contributed by atoms with Crippen LogP contribution in [0.2, 0.25) is 0 Å². The molecule has 0 saturated heterocycles. The molecule has 0 spiro atoms. The van der Waals surface area contributed by atoms with E-state index in [0.717, 1.165) is 24.0 Å². The lowest BCUT2D eigenvalue weighted by Crippen LogP contribution is -2.21. The SMILES string of the molecule is CN(CC1CC1)c1ccc(CCl)nn1. The fourth-order valence-electron chi connectivity index (χ4n) is 1.41. The van der Waals surface area contributed by atoms with Crippen molar-refractivity contribution in [1.82, 2.24) is 10.2 Å². The number of anilines is 1. The molecule has 0 N–H and O–H groups in total. The van der Waals surface area contributed by atoms with Crippen molar-refractivity contribution < 1.29 is 0 Å². The van der Waals surface area contributed by atoms with Crippen molar-refractivity contribution in [2.24, 2.45) is 5.92 Å². The Morgan fingerprint density at radius 3 is 2.71 bits per heavy atom. The first-order chi connectivity index (χ1) is 6.79. The highest BCUT2D eigenvalue weighted by molar-refractivity contribution is 6.16. The van der Waals surface area contributed by atoms with Gasteiger partial charge < -0.3 is 4.90 Å². The van der Waals surface area contributed by atoms with Gasteiger partial charge in [-0.1, -0.05) is 0 Å². The van der Waals surface area contributed by atoms with Crippen molar-refractivity contribution in [2.45, 2.75) is 18.7 Å². The topological polar surface area (TPSA) is 29.0 Å². The molecule has 1 fully saturated rings. The van der Waals surface area contributed by atoms with Gasteiger partial charge in [0.05, 0.1) is 11.6 Å². The minimum Gasteiger partial charge on any atom is -0.358 e. The van der Waals surface area contributed by atoms with Gasteiger partial charge in [-0.2, -0.15) is 5.10 Å². The summed E-state index contributed by atoms with van der Waals surface area (Å²) >= 11 is 5.64. The molecule has 1 heterocycles. The number of hydrogen-bond acceptors (Lipinski definition) is 3. The molecule has 1 aromatic heterocycles. The van der Waals surface area contributed by atoms with E-state index in [-0.39, 0.29) is 0 Å². The van der Waals surface area contributed by atoms with E-state index in [4.69, 9.17) is 11.6 Å². The second-order valence-electron chi connectivity index (χ2n) is 3.84. The van der Waals surface area contributed by atoms with E-state index in [9.17, 15) is 0 Å². The predicted octanol–water partition coefficient (Wildman–Crippen LogP) is 2.06. The Hall–Kier alpha value is -0.830. The molecule has 14 heavy (non-hydrogen) atoms. The van der Waals surface area contributed by atoms with Crippen LogP contribution in [-0.2, 0) is 5.88 Å². The first-order valence-corrected chi connectivity index (χ1v) is 5.43. The Morgan fingerprint density at radius 1 is 1.43 bits per heavy atom. The summed E-state index contributed by atoms with van der Waals surface area (Å²) in [6, 6.07) is 3.91. The zero-order valence-electron chi connectivity index (χ0n) is 8.28. The molecule has 1 aliphatic rings. The van der Waals surface area contributed by atoms with Crippen LogP contribution in [0.25, 0.3) is 0 Å². The number of aromatic nitrogens is 2. The quantitative estimate of drug-likeness (QED) is 0.714. The van der Waals surface area contributed by atoms with Gasteiger partial charge in [0.1, 0.15) is 0 Å². The lowest BCUT2D eigenvalue weighted by atomic mass is 10.3. The largest absolute Gasteiger partial charge is 0.358 e. The summed E-state index contributed by atoms with van der Waals surface area (Å²) in [6.45, 7) is 1.09. The average Bonchev–Trinajstić information content (AvgIpc) is 3.02. The monoisotopic (exact) mass is 211 g/mol. The van der Waals surface area contributed by atoms with Crippen LogP contribution in [0.5, 0.6) is 0 Å². The summed E-state index contributed by atoms with van der Waals surface area (Å²) in [5.41, 5.74) is 0.829. The number of hydrogen-bond donors (Lipinski definition) is 0. The third kappa shape index (κ3) is 2.35. The molecule has 1 aliphatic carbocycles. The predicted molar refractivity (Wildman–Crippen MR) is 57.6 cm³/mol. The van der Waals surface area contributed by atoms with Gasteiger partial charge in [0.25, 0.3) is 0 Å². The van der Waals surface area contributed by atoms with Crippen LogP contribution in [-0.4, -0.2) is 23.8 Å². The number of halogens is 1. The molecular weight excluding hydrogens is 198 g/mol. The van der Waals surface area contributed by atoms with Crippen molar-refractivity contribution in [2.75, 3.05) is 18.5 Å². The first-order valence-electron chi connectivity index (χ1n) is 4.89. The first kappa shape index (κ1) is 9.71. The van der Waals surface area contributed by atoms with E-state index in [2.05, 4.69) is 22.1 Å². The fraction of sp³-hybridized carbons (Fsp3) is 0.600. The Balaban J connectivity index is 1.99. The van der Waals surface area contributed by atoms with Crippen molar-refractivity contribution in [3.05, 3.63) is 17.8 Å².